The third kappa shape index (κ3) is 2.58. The predicted molar refractivity (Wildman–Crippen MR) is 80.8 cm³/mol. The molecule has 0 bridgehead atoms. The van der Waals surface area contributed by atoms with Crippen LogP contribution in [0.5, 0.6) is 11.5 Å². The van der Waals surface area contributed by atoms with Crippen LogP contribution in [-0.2, 0) is 11.2 Å². The Bertz CT molecular complexity index is 567. The van der Waals surface area contributed by atoms with Crippen LogP contribution in [0.2, 0.25) is 0 Å². The lowest BCUT2D eigenvalue weighted by molar-refractivity contribution is -0.123. The molecule has 1 aromatic carbocycles. The van der Waals surface area contributed by atoms with E-state index < -0.39 is 5.54 Å². The number of carbonyl (C=O) groups is 1. The summed E-state index contributed by atoms with van der Waals surface area (Å²) in [5.74, 6) is 1.37. The maximum atomic E-state index is 12.3. The summed E-state index contributed by atoms with van der Waals surface area (Å²) in [6.45, 7) is 4.50. The van der Waals surface area contributed by atoms with Gasteiger partial charge in [-0.2, -0.15) is 0 Å². The highest BCUT2D eigenvalue weighted by molar-refractivity contribution is 6.00. The van der Waals surface area contributed by atoms with Crippen molar-refractivity contribution in [3.8, 4) is 11.5 Å². The van der Waals surface area contributed by atoms with E-state index in [4.69, 9.17) is 15.2 Å². The van der Waals surface area contributed by atoms with E-state index in [1.54, 1.807) is 0 Å². The highest BCUT2D eigenvalue weighted by Gasteiger charge is 2.40. The zero-order chi connectivity index (χ0) is 15.0. The maximum Gasteiger partial charge on any atom is 0.244 e. The number of hydrogen-bond acceptors (Lipinski definition) is 4. The van der Waals surface area contributed by atoms with E-state index >= 15 is 0 Å². The third-order valence-electron chi connectivity index (χ3n) is 4.24. The maximum absolute atomic E-state index is 12.3. The average Bonchev–Trinajstić information content (AvgIpc) is 2.75. The summed E-state index contributed by atoms with van der Waals surface area (Å²) in [5.41, 5.74) is 7.11. The molecule has 0 saturated heterocycles. The molecular weight excluding hydrogens is 268 g/mol. The standard InChI is InChI=1S/C16H22N2O3/c1-3-20-14-8-11-7-10(2)21-13(11)9-12(14)18-15(19)16(17)5-4-6-16/h8-10H,3-7,17H2,1-2H3,(H,18,19). The van der Waals surface area contributed by atoms with Gasteiger partial charge in [0.2, 0.25) is 5.91 Å². The Balaban J connectivity index is 1.86. The van der Waals surface area contributed by atoms with Gasteiger partial charge in [-0.05, 0) is 39.2 Å². The molecule has 1 aliphatic heterocycles. The first-order valence-corrected chi connectivity index (χ1v) is 7.58. The van der Waals surface area contributed by atoms with E-state index in [-0.39, 0.29) is 12.0 Å². The lowest BCUT2D eigenvalue weighted by atomic mass is 9.77. The molecule has 0 spiro atoms. The summed E-state index contributed by atoms with van der Waals surface area (Å²) in [5, 5.41) is 2.91. The summed E-state index contributed by atoms with van der Waals surface area (Å²) in [7, 11) is 0. The summed E-state index contributed by atoms with van der Waals surface area (Å²) >= 11 is 0. The lowest BCUT2D eigenvalue weighted by Crippen LogP contribution is -2.56. The molecule has 3 N–H and O–H groups in total. The monoisotopic (exact) mass is 290 g/mol. The van der Waals surface area contributed by atoms with Crippen LogP contribution in [-0.4, -0.2) is 24.2 Å². The third-order valence-corrected chi connectivity index (χ3v) is 4.24. The average molecular weight is 290 g/mol. The van der Waals surface area contributed by atoms with E-state index in [0.717, 1.165) is 37.0 Å². The van der Waals surface area contributed by atoms with Gasteiger partial charge in [-0.25, -0.2) is 0 Å². The number of nitrogens with one attached hydrogen (secondary N) is 1. The Morgan fingerprint density at radius 1 is 1.52 bits per heavy atom. The second-order valence-corrected chi connectivity index (χ2v) is 5.99. The van der Waals surface area contributed by atoms with Gasteiger partial charge in [0.05, 0.1) is 17.8 Å². The molecule has 1 unspecified atom stereocenters. The van der Waals surface area contributed by atoms with Gasteiger partial charge in [0.1, 0.15) is 17.6 Å². The molecule has 1 aromatic rings. The largest absolute Gasteiger partial charge is 0.492 e. The number of nitrogens with two attached hydrogens (primary N) is 1. The SMILES string of the molecule is CCOc1cc2c(cc1NC(=O)C1(N)CCC1)OC(C)C2. The number of ether oxygens (including phenoxy) is 2. The number of carbonyl (C=O) groups excluding carboxylic acids is 1. The van der Waals surface area contributed by atoms with Crippen LogP contribution in [0.3, 0.4) is 0 Å². The second-order valence-electron chi connectivity index (χ2n) is 5.99. The Hall–Kier alpha value is -1.75. The van der Waals surface area contributed by atoms with Crippen molar-refractivity contribution in [3.05, 3.63) is 17.7 Å². The summed E-state index contributed by atoms with van der Waals surface area (Å²) in [6, 6.07) is 3.81. The van der Waals surface area contributed by atoms with Gasteiger partial charge in [-0.15, -0.1) is 0 Å². The molecule has 0 radical (unpaired) electrons. The molecule has 1 aliphatic carbocycles. The summed E-state index contributed by atoms with van der Waals surface area (Å²) < 4.78 is 11.4. The van der Waals surface area contributed by atoms with Crippen LogP contribution in [0.4, 0.5) is 5.69 Å². The van der Waals surface area contributed by atoms with Crippen LogP contribution in [0.1, 0.15) is 38.7 Å². The minimum atomic E-state index is -0.726. The fourth-order valence-electron chi connectivity index (χ4n) is 2.84. The van der Waals surface area contributed by atoms with Crippen LogP contribution in [0.25, 0.3) is 0 Å². The molecule has 3 rings (SSSR count). The first kappa shape index (κ1) is 14.2. The van der Waals surface area contributed by atoms with E-state index in [2.05, 4.69) is 5.32 Å². The number of fused-ring (bicyclic) bond motifs is 1. The van der Waals surface area contributed by atoms with Crippen molar-refractivity contribution in [2.45, 2.75) is 51.2 Å². The molecule has 1 fully saturated rings. The molecule has 1 amide bonds. The van der Waals surface area contributed by atoms with E-state index in [1.165, 1.54) is 0 Å². The first-order valence-electron chi connectivity index (χ1n) is 7.58. The van der Waals surface area contributed by atoms with Crippen molar-refractivity contribution < 1.29 is 14.3 Å². The zero-order valence-electron chi connectivity index (χ0n) is 12.6. The fourth-order valence-corrected chi connectivity index (χ4v) is 2.84. The highest BCUT2D eigenvalue weighted by atomic mass is 16.5. The minimum Gasteiger partial charge on any atom is -0.492 e. The van der Waals surface area contributed by atoms with Crippen molar-refractivity contribution in [2.24, 2.45) is 5.73 Å². The molecule has 114 valence electrons. The molecule has 0 aromatic heterocycles. The Kier molecular flexibility index (Phi) is 3.53. The molecule has 1 heterocycles. The number of amides is 1. The molecule has 5 nitrogen and oxygen atoms in total. The van der Waals surface area contributed by atoms with Crippen LogP contribution < -0.4 is 20.5 Å². The van der Waals surface area contributed by atoms with Crippen LogP contribution in [0, 0.1) is 0 Å². The van der Waals surface area contributed by atoms with E-state index in [0.29, 0.717) is 18.0 Å². The second kappa shape index (κ2) is 5.22. The number of hydrogen-bond donors (Lipinski definition) is 2. The minimum absolute atomic E-state index is 0.138. The van der Waals surface area contributed by atoms with Crippen molar-refractivity contribution >= 4 is 11.6 Å². The number of benzene rings is 1. The fraction of sp³-hybridized carbons (Fsp3) is 0.562. The van der Waals surface area contributed by atoms with E-state index in [9.17, 15) is 4.79 Å². The Labute approximate surface area is 124 Å². The van der Waals surface area contributed by atoms with Crippen molar-refractivity contribution in [1.82, 2.24) is 0 Å². The van der Waals surface area contributed by atoms with Crippen LogP contribution in [0.15, 0.2) is 12.1 Å². The molecule has 1 atom stereocenters. The van der Waals surface area contributed by atoms with Gasteiger partial charge < -0.3 is 20.5 Å². The number of rotatable bonds is 4. The molecular formula is C16H22N2O3. The van der Waals surface area contributed by atoms with Gasteiger partial charge in [0, 0.05) is 18.1 Å². The number of anilines is 1. The van der Waals surface area contributed by atoms with Gasteiger partial charge in [-0.3, -0.25) is 4.79 Å². The molecule has 1 saturated carbocycles. The summed E-state index contributed by atoms with van der Waals surface area (Å²) in [6.07, 6.45) is 3.51. The Morgan fingerprint density at radius 2 is 2.29 bits per heavy atom. The highest BCUT2D eigenvalue weighted by Crippen LogP contribution is 2.39. The van der Waals surface area contributed by atoms with E-state index in [1.807, 2.05) is 26.0 Å². The van der Waals surface area contributed by atoms with Gasteiger partial charge >= 0.3 is 0 Å². The predicted octanol–water partition coefficient (Wildman–Crippen LogP) is 2.23. The van der Waals surface area contributed by atoms with Gasteiger partial charge in [0.15, 0.2) is 0 Å². The van der Waals surface area contributed by atoms with Crippen molar-refractivity contribution in [3.63, 3.8) is 0 Å². The van der Waals surface area contributed by atoms with Gasteiger partial charge in [0.25, 0.3) is 0 Å². The lowest BCUT2D eigenvalue weighted by Gasteiger charge is -2.36. The molecule has 5 heteroatoms. The van der Waals surface area contributed by atoms with Crippen LogP contribution >= 0.6 is 0 Å². The molecule has 2 aliphatic rings. The smallest absolute Gasteiger partial charge is 0.244 e. The first-order chi connectivity index (χ1) is 10.0. The topological polar surface area (TPSA) is 73.6 Å². The zero-order valence-corrected chi connectivity index (χ0v) is 12.6. The normalized spacial score (nSPS) is 22.0. The molecule has 21 heavy (non-hydrogen) atoms. The summed E-state index contributed by atoms with van der Waals surface area (Å²) in [4.78, 5) is 12.3. The Morgan fingerprint density at radius 3 is 2.90 bits per heavy atom. The quantitative estimate of drug-likeness (QED) is 0.892. The van der Waals surface area contributed by atoms with Crippen molar-refractivity contribution in [2.75, 3.05) is 11.9 Å². The van der Waals surface area contributed by atoms with Crippen molar-refractivity contribution in [1.29, 1.82) is 0 Å². The van der Waals surface area contributed by atoms with Gasteiger partial charge in [-0.1, -0.05) is 0 Å².